The molecule has 1 atom stereocenters. The van der Waals surface area contributed by atoms with Gasteiger partial charge in [-0.3, -0.25) is 14.6 Å². The molecule has 2 heterocycles. The molecule has 0 fully saturated rings. The smallest absolute Gasteiger partial charge is 0.423 e. The maximum Gasteiger partial charge on any atom is 0.491 e. The zero-order valence-electron chi connectivity index (χ0n) is 16.0. The van der Waals surface area contributed by atoms with Gasteiger partial charge in [-0.05, 0) is 28.7 Å². The van der Waals surface area contributed by atoms with Crippen LogP contribution in [0.25, 0.3) is 0 Å². The fourth-order valence-electron chi connectivity index (χ4n) is 3.23. The molecule has 0 spiro atoms. The van der Waals surface area contributed by atoms with Crippen LogP contribution in [0.5, 0.6) is 0 Å². The first-order chi connectivity index (χ1) is 14.6. The maximum atomic E-state index is 13.0. The van der Waals surface area contributed by atoms with Crippen molar-refractivity contribution in [3.8, 4) is 0 Å². The van der Waals surface area contributed by atoms with E-state index in [9.17, 15) is 14.6 Å². The van der Waals surface area contributed by atoms with E-state index in [0.29, 0.717) is 24.2 Å². The molecule has 2 aromatic carbocycles. The zero-order valence-corrected chi connectivity index (χ0v) is 16.0. The molecule has 3 N–H and O–H groups in total. The van der Waals surface area contributed by atoms with Crippen molar-refractivity contribution >= 4 is 30.1 Å². The highest BCUT2D eigenvalue weighted by molar-refractivity contribution is 6.61. The quantitative estimate of drug-likeness (QED) is 0.523. The van der Waals surface area contributed by atoms with E-state index in [2.05, 4.69) is 20.6 Å². The van der Waals surface area contributed by atoms with Crippen LogP contribution in [-0.2, 0) is 22.5 Å². The molecule has 0 aliphatic carbocycles. The molecule has 0 radical (unpaired) electrons. The fraction of sp³-hybridized carbons (Fsp3) is 0.143. The summed E-state index contributed by atoms with van der Waals surface area (Å²) in [6, 6.07) is 13.8. The van der Waals surface area contributed by atoms with Gasteiger partial charge in [-0.15, -0.1) is 0 Å². The van der Waals surface area contributed by atoms with E-state index in [-0.39, 0.29) is 11.6 Å². The van der Waals surface area contributed by atoms with Crippen LogP contribution in [0.15, 0.2) is 67.1 Å². The number of carbonyl (C=O) groups is 2. The minimum atomic E-state index is -1.01. The highest BCUT2D eigenvalue weighted by atomic mass is 16.5. The average molecular weight is 402 g/mol. The molecule has 30 heavy (non-hydrogen) atoms. The molecule has 0 unspecified atom stereocenters. The number of nitrogens with one attached hydrogen (secondary N) is 2. The molecule has 1 aliphatic rings. The minimum Gasteiger partial charge on any atom is -0.423 e. The lowest BCUT2D eigenvalue weighted by Gasteiger charge is -2.19. The summed E-state index contributed by atoms with van der Waals surface area (Å²) in [6.07, 6.45) is 4.53. The Balaban J connectivity index is 1.53. The van der Waals surface area contributed by atoms with Gasteiger partial charge in [-0.25, -0.2) is 4.98 Å². The SMILES string of the molecule is O=C(N[C@@H](Cc1ccccc1)C(=O)Nc1ccc2c(c1)B(O)OC2)c1cnccn1. The van der Waals surface area contributed by atoms with E-state index in [1.807, 2.05) is 30.3 Å². The number of benzene rings is 2. The van der Waals surface area contributed by atoms with E-state index < -0.39 is 19.1 Å². The molecular formula is C21H19BN4O4. The predicted molar refractivity (Wildman–Crippen MR) is 111 cm³/mol. The van der Waals surface area contributed by atoms with Crippen LogP contribution in [0.4, 0.5) is 5.69 Å². The van der Waals surface area contributed by atoms with Crippen molar-refractivity contribution in [2.45, 2.75) is 19.1 Å². The van der Waals surface area contributed by atoms with Gasteiger partial charge in [0.25, 0.3) is 5.91 Å². The second-order valence-electron chi connectivity index (χ2n) is 6.87. The molecular weight excluding hydrogens is 383 g/mol. The van der Waals surface area contributed by atoms with Gasteiger partial charge in [-0.2, -0.15) is 0 Å². The van der Waals surface area contributed by atoms with Gasteiger partial charge in [0.1, 0.15) is 11.7 Å². The highest BCUT2D eigenvalue weighted by Crippen LogP contribution is 2.15. The molecule has 0 saturated heterocycles. The monoisotopic (exact) mass is 402 g/mol. The molecule has 1 aliphatic heterocycles. The molecule has 150 valence electrons. The van der Waals surface area contributed by atoms with Crippen LogP contribution in [0, 0.1) is 0 Å². The zero-order chi connectivity index (χ0) is 20.9. The Morgan fingerprint density at radius 2 is 2.00 bits per heavy atom. The molecule has 8 nitrogen and oxygen atoms in total. The molecule has 0 bridgehead atoms. The summed E-state index contributed by atoms with van der Waals surface area (Å²) in [5, 5.41) is 15.4. The third-order valence-corrected chi connectivity index (χ3v) is 4.78. The van der Waals surface area contributed by atoms with Crippen LogP contribution in [0.2, 0.25) is 0 Å². The van der Waals surface area contributed by atoms with E-state index in [1.54, 1.807) is 18.2 Å². The number of fused-ring (bicyclic) bond motifs is 1. The lowest BCUT2D eigenvalue weighted by Crippen LogP contribution is -2.45. The van der Waals surface area contributed by atoms with Gasteiger partial charge in [0.2, 0.25) is 5.91 Å². The largest absolute Gasteiger partial charge is 0.491 e. The lowest BCUT2D eigenvalue weighted by molar-refractivity contribution is -0.118. The minimum absolute atomic E-state index is 0.126. The van der Waals surface area contributed by atoms with Crippen molar-refractivity contribution < 1.29 is 19.3 Å². The van der Waals surface area contributed by atoms with Crippen molar-refractivity contribution in [2.75, 3.05) is 5.32 Å². The number of hydrogen-bond acceptors (Lipinski definition) is 6. The van der Waals surface area contributed by atoms with Crippen molar-refractivity contribution in [3.63, 3.8) is 0 Å². The molecule has 3 aromatic rings. The lowest BCUT2D eigenvalue weighted by atomic mass is 9.79. The Labute approximate surface area is 173 Å². The van der Waals surface area contributed by atoms with Gasteiger partial charge in [0.15, 0.2) is 0 Å². The number of nitrogens with zero attached hydrogens (tertiary/aromatic N) is 2. The van der Waals surface area contributed by atoms with E-state index in [4.69, 9.17) is 4.65 Å². The van der Waals surface area contributed by atoms with Crippen LogP contribution >= 0.6 is 0 Å². The Morgan fingerprint density at radius 3 is 2.77 bits per heavy atom. The number of rotatable bonds is 6. The number of aromatic nitrogens is 2. The fourth-order valence-corrected chi connectivity index (χ4v) is 3.23. The first kappa shape index (κ1) is 19.7. The highest BCUT2D eigenvalue weighted by Gasteiger charge is 2.28. The Morgan fingerprint density at radius 1 is 1.17 bits per heavy atom. The number of anilines is 1. The maximum absolute atomic E-state index is 13.0. The number of carbonyl (C=O) groups excluding carboxylic acids is 2. The normalized spacial score (nSPS) is 13.4. The third-order valence-electron chi connectivity index (χ3n) is 4.78. The van der Waals surface area contributed by atoms with E-state index in [1.165, 1.54) is 18.6 Å². The molecule has 2 amide bonds. The summed E-state index contributed by atoms with van der Waals surface area (Å²) in [6.45, 7) is 0.329. The molecule has 4 rings (SSSR count). The average Bonchev–Trinajstić information content (AvgIpc) is 3.15. The molecule has 1 aromatic heterocycles. The summed E-state index contributed by atoms with van der Waals surface area (Å²) in [5.74, 6) is -0.874. The standard InChI is InChI=1S/C21H19BN4O4/c27-20(25-16-7-6-15-13-30-22(29)17(15)11-16)18(10-14-4-2-1-3-5-14)26-21(28)19-12-23-8-9-24-19/h1-9,11-12,18,29H,10,13H2,(H,25,27)(H,26,28)/t18-/m0/s1. The molecule has 0 saturated carbocycles. The van der Waals surface area contributed by atoms with Gasteiger partial charge in [0, 0.05) is 24.5 Å². The molecule has 9 heteroatoms. The van der Waals surface area contributed by atoms with Crippen molar-refractivity contribution in [2.24, 2.45) is 0 Å². The van der Waals surface area contributed by atoms with E-state index >= 15 is 0 Å². The van der Waals surface area contributed by atoms with Crippen molar-refractivity contribution in [1.29, 1.82) is 0 Å². The van der Waals surface area contributed by atoms with Crippen LogP contribution in [0.1, 0.15) is 21.6 Å². The first-order valence-electron chi connectivity index (χ1n) is 9.44. The third kappa shape index (κ3) is 4.53. The summed E-state index contributed by atoms with van der Waals surface area (Å²) >= 11 is 0. The van der Waals surface area contributed by atoms with Crippen molar-refractivity contribution in [3.05, 3.63) is 83.9 Å². The topological polar surface area (TPSA) is 113 Å². The number of amides is 2. The first-order valence-corrected chi connectivity index (χ1v) is 9.44. The van der Waals surface area contributed by atoms with Crippen LogP contribution in [0.3, 0.4) is 0 Å². The Bertz CT molecular complexity index is 1050. The number of hydrogen-bond donors (Lipinski definition) is 3. The summed E-state index contributed by atoms with van der Waals surface area (Å²) in [4.78, 5) is 33.4. The van der Waals surface area contributed by atoms with Crippen molar-refractivity contribution in [1.82, 2.24) is 15.3 Å². The van der Waals surface area contributed by atoms with Crippen LogP contribution in [-0.4, -0.2) is 40.0 Å². The van der Waals surface area contributed by atoms with Gasteiger partial charge in [-0.1, -0.05) is 36.4 Å². The second kappa shape index (κ2) is 8.85. The van der Waals surface area contributed by atoms with Gasteiger partial charge >= 0.3 is 7.12 Å². The second-order valence-corrected chi connectivity index (χ2v) is 6.87. The summed E-state index contributed by atoms with van der Waals surface area (Å²) in [5.41, 5.74) is 3.03. The predicted octanol–water partition coefficient (Wildman–Crippen LogP) is 0.674. The summed E-state index contributed by atoms with van der Waals surface area (Å²) < 4.78 is 5.18. The van der Waals surface area contributed by atoms with Crippen LogP contribution < -0.4 is 16.1 Å². The Hall–Kier alpha value is -3.56. The van der Waals surface area contributed by atoms with Gasteiger partial charge < -0.3 is 20.3 Å². The van der Waals surface area contributed by atoms with Gasteiger partial charge in [0.05, 0.1) is 12.8 Å². The summed E-state index contributed by atoms with van der Waals surface area (Å²) in [7, 11) is -1.01. The van der Waals surface area contributed by atoms with E-state index in [0.717, 1.165) is 11.1 Å². The Kier molecular flexibility index (Phi) is 5.83.